The number of H-pyrrole nitrogens is 1. The highest BCUT2D eigenvalue weighted by Gasteiger charge is 2.08. The maximum Gasteiger partial charge on any atom is 0.260 e. The molecule has 0 saturated carbocycles. The van der Waals surface area contributed by atoms with E-state index in [1.807, 2.05) is 12.1 Å². The first-order valence-corrected chi connectivity index (χ1v) is 8.36. The van der Waals surface area contributed by atoms with E-state index in [1.165, 1.54) is 23.9 Å². The summed E-state index contributed by atoms with van der Waals surface area (Å²) in [5.74, 6) is 0.314. The molecule has 0 aliphatic heterocycles. The van der Waals surface area contributed by atoms with E-state index in [0.29, 0.717) is 16.3 Å². The fourth-order valence-electron chi connectivity index (χ4n) is 1.98. The number of thioether (sulfide) groups is 1. The van der Waals surface area contributed by atoms with Crippen molar-refractivity contribution in [2.45, 2.75) is 24.3 Å². The number of nitrogens with zero attached hydrogens (tertiary/aromatic N) is 1. The average Bonchev–Trinajstić information content (AvgIpc) is 2.89. The molecule has 0 aliphatic carbocycles. The molecule has 3 rings (SSSR count). The zero-order valence-corrected chi connectivity index (χ0v) is 13.0. The maximum atomic E-state index is 13.1. The van der Waals surface area contributed by atoms with Gasteiger partial charge in [0.1, 0.15) is 10.6 Å². The van der Waals surface area contributed by atoms with E-state index >= 15 is 0 Å². The minimum atomic E-state index is -0.254. The number of aromatic amines is 1. The van der Waals surface area contributed by atoms with Gasteiger partial charge in [-0.3, -0.25) is 4.79 Å². The van der Waals surface area contributed by atoms with Crippen LogP contribution in [0.2, 0.25) is 0 Å². The van der Waals surface area contributed by atoms with Crippen LogP contribution in [0.15, 0.2) is 40.3 Å². The van der Waals surface area contributed by atoms with Gasteiger partial charge in [-0.1, -0.05) is 30.8 Å². The summed E-state index contributed by atoms with van der Waals surface area (Å²) in [5.41, 5.74) is 0.751. The fourth-order valence-corrected chi connectivity index (χ4v) is 3.81. The molecule has 0 saturated heterocycles. The van der Waals surface area contributed by atoms with Crippen molar-refractivity contribution in [2.24, 2.45) is 0 Å². The van der Waals surface area contributed by atoms with Crippen molar-refractivity contribution in [1.29, 1.82) is 0 Å². The van der Waals surface area contributed by atoms with Crippen molar-refractivity contribution in [2.75, 3.05) is 0 Å². The summed E-state index contributed by atoms with van der Waals surface area (Å²) in [6, 6.07) is 8.33. The lowest BCUT2D eigenvalue weighted by Crippen LogP contribution is -2.07. The highest BCUT2D eigenvalue weighted by atomic mass is 32.2. The van der Waals surface area contributed by atoms with E-state index < -0.39 is 0 Å². The molecule has 0 spiro atoms. The Bertz CT molecular complexity index is 841. The van der Waals surface area contributed by atoms with Gasteiger partial charge in [-0.25, -0.2) is 9.37 Å². The number of aromatic nitrogens is 2. The number of fused-ring (bicyclic) bond motifs is 1. The van der Waals surface area contributed by atoms with Gasteiger partial charge in [-0.05, 0) is 30.2 Å². The number of halogens is 1. The van der Waals surface area contributed by atoms with Gasteiger partial charge in [0.05, 0.1) is 5.39 Å². The lowest BCUT2D eigenvalue weighted by Gasteiger charge is -2.01. The van der Waals surface area contributed by atoms with Crippen molar-refractivity contribution >= 4 is 33.3 Å². The van der Waals surface area contributed by atoms with Crippen molar-refractivity contribution < 1.29 is 4.39 Å². The molecule has 108 valence electrons. The molecule has 1 N–H and O–H groups in total. The third-order valence-electron chi connectivity index (χ3n) is 3.04. The van der Waals surface area contributed by atoms with E-state index in [0.717, 1.165) is 21.7 Å². The Kier molecular flexibility index (Phi) is 4.07. The summed E-state index contributed by atoms with van der Waals surface area (Å²) in [4.78, 5) is 21.2. The molecular weight excluding hydrogens is 307 g/mol. The molecule has 0 radical (unpaired) electrons. The lowest BCUT2D eigenvalue weighted by molar-refractivity contribution is 0.626. The molecule has 1 aromatic carbocycles. The molecule has 3 nitrogen and oxygen atoms in total. The van der Waals surface area contributed by atoms with Crippen LogP contribution >= 0.6 is 23.1 Å². The Morgan fingerprint density at radius 3 is 3.00 bits per heavy atom. The molecule has 6 heteroatoms. The quantitative estimate of drug-likeness (QED) is 0.584. The summed E-state index contributed by atoms with van der Waals surface area (Å²) < 4.78 is 13.1. The normalized spacial score (nSPS) is 11.1. The van der Waals surface area contributed by atoms with Crippen molar-refractivity contribution in [3.05, 3.63) is 56.9 Å². The Morgan fingerprint density at radius 2 is 2.24 bits per heavy atom. The zero-order valence-electron chi connectivity index (χ0n) is 11.4. The van der Waals surface area contributed by atoms with Crippen molar-refractivity contribution in [1.82, 2.24) is 9.97 Å². The Labute approximate surface area is 129 Å². The fraction of sp³-hybridized carbons (Fsp3) is 0.200. The second-order valence-corrected chi connectivity index (χ2v) is 6.65. The number of hydrogen-bond acceptors (Lipinski definition) is 4. The van der Waals surface area contributed by atoms with Crippen LogP contribution in [0, 0.1) is 5.82 Å². The minimum Gasteiger partial charge on any atom is -0.301 e. The van der Waals surface area contributed by atoms with Gasteiger partial charge in [-0.15, -0.1) is 11.3 Å². The highest BCUT2D eigenvalue weighted by Crippen LogP contribution is 2.25. The summed E-state index contributed by atoms with van der Waals surface area (Å²) in [5, 5.41) is 1.22. The van der Waals surface area contributed by atoms with Crippen LogP contribution in [-0.2, 0) is 12.2 Å². The van der Waals surface area contributed by atoms with E-state index in [4.69, 9.17) is 0 Å². The SMILES string of the molecule is CCc1cc2c(=O)[nH]c(SCc3cccc(F)c3)nc2s1. The lowest BCUT2D eigenvalue weighted by atomic mass is 10.2. The van der Waals surface area contributed by atoms with Crippen molar-refractivity contribution in [3.8, 4) is 0 Å². The van der Waals surface area contributed by atoms with Gasteiger partial charge in [0.2, 0.25) is 0 Å². The molecule has 0 fully saturated rings. The minimum absolute atomic E-state index is 0.113. The number of nitrogens with one attached hydrogen (secondary N) is 1. The van der Waals surface area contributed by atoms with Crippen LogP contribution in [0.4, 0.5) is 4.39 Å². The first-order valence-electron chi connectivity index (χ1n) is 6.55. The van der Waals surface area contributed by atoms with Gasteiger partial charge in [0, 0.05) is 10.6 Å². The van der Waals surface area contributed by atoms with Gasteiger partial charge >= 0.3 is 0 Å². The number of rotatable bonds is 4. The topological polar surface area (TPSA) is 45.8 Å². The number of thiophene rings is 1. The molecule has 0 atom stereocenters. The van der Waals surface area contributed by atoms with Gasteiger partial charge < -0.3 is 4.98 Å². The van der Waals surface area contributed by atoms with Crippen LogP contribution < -0.4 is 5.56 Å². The van der Waals surface area contributed by atoms with E-state index in [-0.39, 0.29) is 11.4 Å². The summed E-state index contributed by atoms with van der Waals surface area (Å²) in [6.45, 7) is 2.05. The average molecular weight is 320 g/mol. The van der Waals surface area contributed by atoms with Gasteiger partial charge in [0.25, 0.3) is 5.56 Å². The summed E-state index contributed by atoms with van der Waals surface area (Å²) >= 11 is 2.95. The Morgan fingerprint density at radius 1 is 1.38 bits per heavy atom. The number of hydrogen-bond donors (Lipinski definition) is 1. The Balaban J connectivity index is 1.85. The smallest absolute Gasteiger partial charge is 0.260 e. The largest absolute Gasteiger partial charge is 0.301 e. The molecule has 2 heterocycles. The Hall–Kier alpha value is -1.66. The number of aryl methyl sites for hydroxylation is 1. The first-order chi connectivity index (χ1) is 10.2. The predicted octanol–water partition coefficient (Wildman–Crippen LogP) is 3.98. The molecule has 0 amide bonds. The summed E-state index contributed by atoms with van der Waals surface area (Å²) in [6.07, 6.45) is 0.895. The van der Waals surface area contributed by atoms with Crippen LogP contribution in [0.3, 0.4) is 0 Å². The highest BCUT2D eigenvalue weighted by molar-refractivity contribution is 7.98. The van der Waals surface area contributed by atoms with E-state index in [9.17, 15) is 9.18 Å². The van der Waals surface area contributed by atoms with Crippen LogP contribution in [0.25, 0.3) is 10.2 Å². The van der Waals surface area contributed by atoms with Gasteiger partial charge in [0.15, 0.2) is 5.16 Å². The molecule has 0 aliphatic rings. The maximum absolute atomic E-state index is 13.1. The monoisotopic (exact) mass is 320 g/mol. The van der Waals surface area contributed by atoms with Crippen molar-refractivity contribution in [3.63, 3.8) is 0 Å². The molecule has 3 aromatic rings. The summed E-state index contributed by atoms with van der Waals surface area (Å²) in [7, 11) is 0. The van der Waals surface area contributed by atoms with Gasteiger partial charge in [-0.2, -0.15) is 0 Å². The van der Waals surface area contributed by atoms with E-state index in [2.05, 4.69) is 16.9 Å². The third-order valence-corrected chi connectivity index (χ3v) is 5.16. The second kappa shape index (κ2) is 5.99. The van der Waals surface area contributed by atoms with E-state index in [1.54, 1.807) is 17.4 Å². The van der Waals surface area contributed by atoms with Crippen LogP contribution in [0.5, 0.6) is 0 Å². The number of benzene rings is 1. The second-order valence-electron chi connectivity index (χ2n) is 4.57. The molecular formula is C15H13FN2OS2. The molecule has 0 bridgehead atoms. The first kappa shape index (κ1) is 14.3. The predicted molar refractivity (Wildman–Crippen MR) is 85.6 cm³/mol. The standard InChI is InChI=1S/C15H13FN2OS2/c1-2-11-7-12-13(19)17-15(18-14(12)21-11)20-8-9-4-3-5-10(16)6-9/h3-7H,2,8H2,1H3,(H,17,18,19). The van der Waals surface area contributed by atoms with Crippen LogP contribution in [-0.4, -0.2) is 9.97 Å². The zero-order chi connectivity index (χ0) is 14.8. The molecule has 21 heavy (non-hydrogen) atoms. The molecule has 2 aromatic heterocycles. The molecule has 0 unspecified atom stereocenters. The van der Waals surface area contributed by atoms with Crippen LogP contribution in [0.1, 0.15) is 17.4 Å². The third kappa shape index (κ3) is 3.16.